The second-order valence-electron chi connectivity index (χ2n) is 5.25. The Morgan fingerprint density at radius 3 is 2.65 bits per heavy atom. The minimum absolute atomic E-state index is 0.0585. The second-order valence-corrected chi connectivity index (χ2v) is 6.09. The van der Waals surface area contributed by atoms with Crippen LogP contribution in [0.2, 0.25) is 10.0 Å². The highest BCUT2D eigenvalue weighted by Crippen LogP contribution is 2.26. The predicted molar refractivity (Wildman–Crippen MR) is 101 cm³/mol. The quantitative estimate of drug-likeness (QED) is 0.336. The Kier molecular flexibility index (Phi) is 6.34. The summed E-state index contributed by atoms with van der Waals surface area (Å²) in [4.78, 5) is 23.0. The topological polar surface area (TPSA) is 96.0 Å². The van der Waals surface area contributed by atoms with Crippen molar-refractivity contribution in [2.24, 2.45) is 0 Å². The molecule has 0 atom stereocenters. The Morgan fingerprint density at radius 1 is 1.31 bits per heavy atom. The van der Waals surface area contributed by atoms with Gasteiger partial charge in [0.2, 0.25) is 0 Å². The maximum Gasteiger partial charge on any atom is 0.273 e. The van der Waals surface area contributed by atoms with Crippen LogP contribution in [-0.4, -0.2) is 10.8 Å². The average molecular weight is 390 g/mol. The number of hydrogen-bond donors (Lipinski definition) is 1. The van der Waals surface area contributed by atoms with Gasteiger partial charge in [0.25, 0.3) is 11.6 Å². The molecule has 1 amide bonds. The number of nitriles is 1. The van der Waals surface area contributed by atoms with Gasteiger partial charge in [0.05, 0.1) is 15.6 Å². The van der Waals surface area contributed by atoms with E-state index in [0.29, 0.717) is 22.6 Å². The van der Waals surface area contributed by atoms with Crippen molar-refractivity contribution in [3.63, 3.8) is 0 Å². The molecule has 0 heterocycles. The van der Waals surface area contributed by atoms with Gasteiger partial charge >= 0.3 is 0 Å². The van der Waals surface area contributed by atoms with Crippen molar-refractivity contribution < 1.29 is 9.72 Å². The number of benzene rings is 2. The van der Waals surface area contributed by atoms with Crippen LogP contribution in [0.25, 0.3) is 6.08 Å². The molecule has 0 aromatic heterocycles. The summed E-state index contributed by atoms with van der Waals surface area (Å²) in [7, 11) is 0. The van der Waals surface area contributed by atoms with Gasteiger partial charge in [-0.3, -0.25) is 14.9 Å². The lowest BCUT2D eigenvalue weighted by Gasteiger charge is -2.07. The lowest BCUT2D eigenvalue weighted by molar-refractivity contribution is -0.385. The largest absolute Gasteiger partial charge is 0.320 e. The standard InChI is InChI=1S/C18H13Cl2N3O3/c1-2-12-4-3-11(8-17(12)23(25)26)7-13(10-21)18(24)22-16-9-14(19)5-6-15(16)20/h3-9H,2H2,1H3,(H,22,24)/b13-7+. The van der Waals surface area contributed by atoms with Crippen molar-refractivity contribution in [1.82, 2.24) is 0 Å². The number of aryl methyl sites for hydroxylation is 1. The molecule has 0 unspecified atom stereocenters. The molecule has 0 aliphatic rings. The first-order valence-electron chi connectivity index (χ1n) is 7.51. The molecule has 0 aliphatic carbocycles. The van der Waals surface area contributed by atoms with Crippen molar-refractivity contribution in [2.75, 3.05) is 5.32 Å². The van der Waals surface area contributed by atoms with Gasteiger partial charge in [-0.25, -0.2) is 0 Å². The molecule has 6 nitrogen and oxygen atoms in total. The molecule has 0 aliphatic heterocycles. The molecule has 0 bridgehead atoms. The molecule has 0 saturated carbocycles. The monoisotopic (exact) mass is 389 g/mol. The molecule has 132 valence electrons. The van der Waals surface area contributed by atoms with Crippen molar-refractivity contribution in [3.8, 4) is 6.07 Å². The first-order valence-corrected chi connectivity index (χ1v) is 8.26. The second kappa shape index (κ2) is 8.48. The SMILES string of the molecule is CCc1ccc(/C=C(\C#N)C(=O)Nc2cc(Cl)ccc2Cl)cc1[N+](=O)[O-]. The molecule has 0 fully saturated rings. The summed E-state index contributed by atoms with van der Waals surface area (Å²) >= 11 is 11.9. The molecule has 0 spiro atoms. The maximum absolute atomic E-state index is 12.3. The van der Waals surface area contributed by atoms with Gasteiger partial charge in [0.15, 0.2) is 0 Å². The summed E-state index contributed by atoms with van der Waals surface area (Å²) in [6.07, 6.45) is 1.78. The van der Waals surface area contributed by atoms with Gasteiger partial charge in [-0.05, 0) is 36.3 Å². The Hall–Kier alpha value is -2.88. The number of rotatable bonds is 5. The number of carbonyl (C=O) groups is 1. The van der Waals surface area contributed by atoms with E-state index in [1.807, 2.05) is 0 Å². The van der Waals surface area contributed by atoms with E-state index in [1.54, 1.807) is 31.2 Å². The number of amides is 1. The van der Waals surface area contributed by atoms with E-state index in [-0.39, 0.29) is 22.0 Å². The van der Waals surface area contributed by atoms with Gasteiger partial charge in [0.1, 0.15) is 11.6 Å². The molecule has 26 heavy (non-hydrogen) atoms. The molecule has 8 heteroatoms. The molecule has 1 N–H and O–H groups in total. The maximum atomic E-state index is 12.3. The fourth-order valence-corrected chi connectivity index (χ4v) is 2.57. The zero-order valence-electron chi connectivity index (χ0n) is 13.6. The third-order valence-corrected chi connectivity index (χ3v) is 4.10. The summed E-state index contributed by atoms with van der Waals surface area (Å²) in [5.74, 6) is -0.695. The van der Waals surface area contributed by atoms with Crippen molar-refractivity contribution >= 4 is 46.6 Å². The minimum Gasteiger partial charge on any atom is -0.320 e. The number of carbonyl (C=O) groups excluding carboxylic acids is 1. The first kappa shape index (κ1) is 19.4. The third-order valence-electron chi connectivity index (χ3n) is 3.54. The van der Waals surface area contributed by atoms with E-state index in [2.05, 4.69) is 5.32 Å². The van der Waals surface area contributed by atoms with Gasteiger partial charge in [0, 0.05) is 16.7 Å². The van der Waals surface area contributed by atoms with E-state index in [1.165, 1.54) is 24.3 Å². The van der Waals surface area contributed by atoms with Crippen LogP contribution >= 0.6 is 23.2 Å². The highest BCUT2D eigenvalue weighted by molar-refractivity contribution is 6.36. The number of hydrogen-bond acceptors (Lipinski definition) is 4. The van der Waals surface area contributed by atoms with Crippen molar-refractivity contribution in [1.29, 1.82) is 5.26 Å². The van der Waals surface area contributed by atoms with Crippen LogP contribution in [0.3, 0.4) is 0 Å². The van der Waals surface area contributed by atoms with Crippen LogP contribution in [0.1, 0.15) is 18.1 Å². The Balaban J connectivity index is 2.34. The van der Waals surface area contributed by atoms with E-state index in [0.717, 1.165) is 0 Å². The summed E-state index contributed by atoms with van der Waals surface area (Å²) in [5, 5.41) is 23.6. The van der Waals surface area contributed by atoms with Crippen molar-refractivity contribution in [2.45, 2.75) is 13.3 Å². The summed E-state index contributed by atoms with van der Waals surface area (Å²) in [6.45, 7) is 1.81. The minimum atomic E-state index is -0.695. The van der Waals surface area contributed by atoms with Crippen LogP contribution in [0, 0.1) is 21.4 Å². The number of nitrogens with zero attached hydrogens (tertiary/aromatic N) is 2. The first-order chi connectivity index (χ1) is 12.3. The van der Waals surface area contributed by atoms with E-state index >= 15 is 0 Å². The molecule has 0 radical (unpaired) electrons. The predicted octanol–water partition coefficient (Wildman–Crippen LogP) is 5.01. The summed E-state index contributed by atoms with van der Waals surface area (Å²) < 4.78 is 0. The number of nitro groups is 1. The highest BCUT2D eigenvalue weighted by atomic mass is 35.5. The lowest BCUT2D eigenvalue weighted by atomic mass is 10.0. The lowest BCUT2D eigenvalue weighted by Crippen LogP contribution is -2.13. The number of anilines is 1. The van der Waals surface area contributed by atoms with Gasteiger partial charge in [-0.15, -0.1) is 0 Å². The molecular weight excluding hydrogens is 377 g/mol. The average Bonchev–Trinajstić information content (AvgIpc) is 2.62. The molecular formula is C18H13Cl2N3O3. The smallest absolute Gasteiger partial charge is 0.273 e. The third kappa shape index (κ3) is 4.60. The van der Waals surface area contributed by atoms with E-state index in [9.17, 15) is 20.2 Å². The molecule has 2 aromatic rings. The van der Waals surface area contributed by atoms with Crippen LogP contribution in [0.15, 0.2) is 42.0 Å². The Labute approximate surface area is 159 Å². The van der Waals surface area contributed by atoms with Gasteiger partial charge in [-0.2, -0.15) is 5.26 Å². The van der Waals surface area contributed by atoms with Crippen LogP contribution in [0.5, 0.6) is 0 Å². The number of nitro benzene ring substituents is 1. The fraction of sp³-hybridized carbons (Fsp3) is 0.111. The van der Waals surface area contributed by atoms with Crippen LogP contribution < -0.4 is 5.32 Å². The summed E-state index contributed by atoms with van der Waals surface area (Å²) in [5.41, 5.74) is 0.924. The van der Waals surface area contributed by atoms with E-state index in [4.69, 9.17) is 23.2 Å². The summed E-state index contributed by atoms with van der Waals surface area (Å²) in [6, 6.07) is 10.9. The molecule has 0 saturated heterocycles. The molecule has 2 aromatic carbocycles. The van der Waals surface area contributed by atoms with Gasteiger partial charge < -0.3 is 5.32 Å². The van der Waals surface area contributed by atoms with Gasteiger partial charge in [-0.1, -0.05) is 42.3 Å². The Morgan fingerprint density at radius 2 is 2.04 bits per heavy atom. The Bertz CT molecular complexity index is 949. The van der Waals surface area contributed by atoms with Crippen LogP contribution in [-0.2, 0) is 11.2 Å². The number of nitrogens with one attached hydrogen (secondary N) is 1. The highest BCUT2D eigenvalue weighted by Gasteiger charge is 2.15. The zero-order valence-corrected chi connectivity index (χ0v) is 15.1. The molecule has 2 rings (SSSR count). The fourth-order valence-electron chi connectivity index (χ4n) is 2.24. The van der Waals surface area contributed by atoms with E-state index < -0.39 is 10.8 Å². The number of halogens is 2. The zero-order chi connectivity index (χ0) is 19.3. The van der Waals surface area contributed by atoms with Crippen LogP contribution in [0.4, 0.5) is 11.4 Å². The van der Waals surface area contributed by atoms with Crippen molar-refractivity contribution in [3.05, 3.63) is 73.3 Å². The normalized spacial score (nSPS) is 10.9.